The summed E-state index contributed by atoms with van der Waals surface area (Å²) in [5.41, 5.74) is -2.66. The van der Waals surface area contributed by atoms with Crippen LogP contribution < -0.4 is 0 Å². The Hall–Kier alpha value is -1.15. The van der Waals surface area contributed by atoms with Crippen molar-refractivity contribution in [2.24, 2.45) is 0 Å². The minimum atomic E-state index is -2.66. The van der Waals surface area contributed by atoms with Gasteiger partial charge in [-0.15, -0.1) is 11.6 Å². The highest BCUT2D eigenvalue weighted by atomic mass is 35.5. The highest BCUT2D eigenvalue weighted by Gasteiger charge is 2.78. The van der Waals surface area contributed by atoms with Crippen LogP contribution in [0.25, 0.3) is 0 Å². The maximum absolute atomic E-state index is 12.1. The Kier molecular flexibility index (Phi) is 3.13. The van der Waals surface area contributed by atoms with Crippen molar-refractivity contribution in [3.05, 3.63) is 0 Å². The third kappa shape index (κ3) is 1.44. The lowest BCUT2D eigenvalue weighted by molar-refractivity contribution is -0.178. The molecule has 2 heterocycles. The summed E-state index contributed by atoms with van der Waals surface area (Å²) >= 11 is 6.17. The summed E-state index contributed by atoms with van der Waals surface area (Å²) in [5.74, 6) is -4.09. The number of halogens is 1. The normalized spacial score (nSPS) is 33.5. The van der Waals surface area contributed by atoms with E-state index in [0.29, 0.717) is 0 Å². The van der Waals surface area contributed by atoms with Crippen LogP contribution in [-0.2, 0) is 25.2 Å². The lowest BCUT2D eigenvalue weighted by Crippen LogP contribution is -2.71. The number of carbonyl (C=O) groups is 3. The van der Waals surface area contributed by atoms with E-state index in [4.69, 9.17) is 11.6 Å². The van der Waals surface area contributed by atoms with Crippen LogP contribution in [0.3, 0.4) is 0 Å². The summed E-state index contributed by atoms with van der Waals surface area (Å²) in [6.45, 7) is 1.52. The fraction of sp³-hybridized carbons (Fsp3) is 0.700. The summed E-state index contributed by atoms with van der Waals surface area (Å²) in [4.78, 5) is 35.4. The van der Waals surface area contributed by atoms with E-state index in [1.807, 2.05) is 0 Å². The third-order valence-electron chi connectivity index (χ3n) is 3.69. The van der Waals surface area contributed by atoms with Crippen molar-refractivity contribution in [3.63, 3.8) is 0 Å². The van der Waals surface area contributed by atoms with Crippen LogP contribution in [0.4, 0.5) is 0 Å². The Labute approximate surface area is 116 Å². The molecule has 0 radical (unpaired) electrons. The maximum atomic E-state index is 12.1. The predicted octanol–water partition coefficient (Wildman–Crippen LogP) is -0.397. The summed E-state index contributed by atoms with van der Waals surface area (Å²) in [5, 5.41) is 18.7. The fourth-order valence-corrected chi connectivity index (χ4v) is 5.04. The molecule has 3 atom stereocenters. The predicted molar refractivity (Wildman–Crippen MR) is 65.1 cm³/mol. The van der Waals surface area contributed by atoms with E-state index < -0.39 is 44.4 Å². The Bertz CT molecular complexity index is 494. The van der Waals surface area contributed by atoms with Crippen LogP contribution in [0.15, 0.2) is 0 Å². The molecule has 106 valence electrons. The van der Waals surface area contributed by atoms with Gasteiger partial charge in [0.15, 0.2) is 4.21 Å². The number of carboxylic acid groups (broad SMARTS) is 2. The van der Waals surface area contributed by atoms with E-state index in [2.05, 4.69) is 0 Å². The van der Waals surface area contributed by atoms with Crippen molar-refractivity contribution in [1.29, 1.82) is 0 Å². The Morgan fingerprint density at radius 2 is 2.00 bits per heavy atom. The first kappa shape index (κ1) is 14.3. The molecular weight excluding hydrogens is 298 g/mol. The van der Waals surface area contributed by atoms with Gasteiger partial charge in [0, 0.05) is 35.4 Å². The molecule has 19 heavy (non-hydrogen) atoms. The molecule has 2 aliphatic rings. The molecule has 7 nitrogen and oxygen atoms in total. The van der Waals surface area contributed by atoms with Crippen LogP contribution >= 0.6 is 11.6 Å². The van der Waals surface area contributed by atoms with Gasteiger partial charge in [-0.3, -0.25) is 9.00 Å². The highest BCUT2D eigenvalue weighted by molar-refractivity contribution is 7.88. The first-order valence-electron chi connectivity index (χ1n) is 5.59. The first-order valence-corrected chi connectivity index (χ1v) is 7.29. The van der Waals surface area contributed by atoms with Crippen LogP contribution in [0.1, 0.15) is 19.8 Å². The highest BCUT2D eigenvalue weighted by Crippen LogP contribution is 2.54. The number of carbonyl (C=O) groups excluding carboxylic acids is 1. The number of rotatable bonds is 4. The molecule has 9 heteroatoms. The smallest absolute Gasteiger partial charge is 0.344 e. The zero-order valence-corrected chi connectivity index (χ0v) is 11.5. The van der Waals surface area contributed by atoms with Crippen molar-refractivity contribution in [1.82, 2.24) is 4.90 Å². The third-order valence-corrected chi connectivity index (χ3v) is 6.34. The SMILES string of the molecule is CCS(=O)C1(Cl)CC2CC(=O)N2C1(C(=O)O)C(=O)O. The fourth-order valence-electron chi connectivity index (χ4n) is 2.84. The van der Waals surface area contributed by atoms with Gasteiger partial charge in [0.05, 0.1) is 0 Å². The molecular formula is C10H12ClNO6S. The molecule has 2 saturated heterocycles. The number of β-lactam (4-membered cyclic amide) rings is 1. The van der Waals surface area contributed by atoms with Gasteiger partial charge in [-0.1, -0.05) is 6.92 Å². The monoisotopic (exact) mass is 309 g/mol. The van der Waals surface area contributed by atoms with Crippen molar-refractivity contribution in [2.75, 3.05) is 5.75 Å². The second-order valence-electron chi connectivity index (χ2n) is 4.51. The number of aliphatic carboxylic acids is 2. The molecule has 0 bridgehead atoms. The van der Waals surface area contributed by atoms with Gasteiger partial charge in [0.2, 0.25) is 5.91 Å². The van der Waals surface area contributed by atoms with E-state index in [0.717, 1.165) is 4.90 Å². The van der Waals surface area contributed by atoms with Crippen LogP contribution in [-0.4, -0.2) is 58.7 Å². The van der Waals surface area contributed by atoms with Gasteiger partial charge in [-0.2, -0.15) is 0 Å². The van der Waals surface area contributed by atoms with Gasteiger partial charge in [0.25, 0.3) is 5.54 Å². The molecule has 0 aromatic rings. The lowest BCUT2D eigenvalue weighted by atomic mass is 9.94. The molecule has 0 aliphatic carbocycles. The zero-order valence-electron chi connectivity index (χ0n) is 9.96. The van der Waals surface area contributed by atoms with E-state index in [-0.39, 0.29) is 18.6 Å². The Morgan fingerprint density at radius 1 is 1.47 bits per heavy atom. The Balaban J connectivity index is 2.67. The van der Waals surface area contributed by atoms with Crippen molar-refractivity contribution in [3.8, 4) is 0 Å². The second kappa shape index (κ2) is 4.17. The number of fused-ring (bicyclic) bond motifs is 1. The summed E-state index contributed by atoms with van der Waals surface area (Å²) in [6.07, 6.45) is -0.0585. The van der Waals surface area contributed by atoms with Crippen molar-refractivity contribution in [2.45, 2.75) is 35.6 Å². The summed E-state index contributed by atoms with van der Waals surface area (Å²) in [7, 11) is -1.88. The largest absolute Gasteiger partial charge is 0.479 e. The van der Waals surface area contributed by atoms with Gasteiger partial charge < -0.3 is 15.1 Å². The number of alkyl halides is 1. The average Bonchev–Trinajstić information content (AvgIpc) is 2.54. The van der Waals surface area contributed by atoms with Crippen molar-refractivity contribution < 1.29 is 28.8 Å². The number of nitrogens with zero attached hydrogens (tertiary/aromatic N) is 1. The molecule has 0 saturated carbocycles. The molecule has 2 fully saturated rings. The van der Waals surface area contributed by atoms with Crippen LogP contribution in [0, 0.1) is 0 Å². The number of hydrogen-bond donors (Lipinski definition) is 2. The number of amides is 1. The van der Waals surface area contributed by atoms with Gasteiger partial charge in [0.1, 0.15) is 0 Å². The minimum Gasteiger partial charge on any atom is -0.479 e. The van der Waals surface area contributed by atoms with E-state index >= 15 is 0 Å². The molecule has 0 aromatic heterocycles. The molecule has 2 aliphatic heterocycles. The molecule has 0 spiro atoms. The van der Waals surface area contributed by atoms with Gasteiger partial charge in [-0.25, -0.2) is 9.59 Å². The second-order valence-corrected chi connectivity index (χ2v) is 7.34. The summed E-state index contributed by atoms with van der Waals surface area (Å²) in [6, 6.07) is -0.576. The van der Waals surface area contributed by atoms with Crippen LogP contribution in [0.5, 0.6) is 0 Å². The topological polar surface area (TPSA) is 112 Å². The number of hydrogen-bond acceptors (Lipinski definition) is 4. The number of carboxylic acids is 2. The molecule has 1 amide bonds. The zero-order chi connectivity index (χ0) is 14.6. The quantitative estimate of drug-likeness (QED) is 0.415. The average molecular weight is 310 g/mol. The lowest BCUT2D eigenvalue weighted by Gasteiger charge is -2.43. The van der Waals surface area contributed by atoms with Crippen LogP contribution in [0.2, 0.25) is 0 Å². The molecule has 2 N–H and O–H groups in total. The summed E-state index contributed by atoms with van der Waals surface area (Å²) < 4.78 is 10.1. The van der Waals surface area contributed by atoms with Gasteiger partial charge >= 0.3 is 11.9 Å². The molecule has 2 rings (SSSR count). The molecule has 3 unspecified atom stereocenters. The van der Waals surface area contributed by atoms with Gasteiger partial charge in [-0.05, 0) is 0 Å². The Morgan fingerprint density at radius 3 is 2.37 bits per heavy atom. The maximum Gasteiger partial charge on any atom is 0.344 e. The first-order chi connectivity index (χ1) is 8.73. The van der Waals surface area contributed by atoms with E-state index in [1.54, 1.807) is 0 Å². The minimum absolute atomic E-state index is 0.0144. The molecule has 0 aromatic carbocycles. The standard InChI is InChI=1S/C10H12ClNO6S/c1-2-19(18)9(11)4-5-3-6(13)12(5)10(9,7(14)15)8(16)17/h5H,2-4H2,1H3,(H,14,15)(H,16,17). The van der Waals surface area contributed by atoms with E-state index in [9.17, 15) is 28.8 Å². The van der Waals surface area contributed by atoms with Crippen molar-refractivity contribution >= 4 is 40.2 Å². The van der Waals surface area contributed by atoms with E-state index in [1.165, 1.54) is 6.92 Å².